The highest BCUT2D eigenvalue weighted by Crippen LogP contribution is 2.19. The van der Waals surface area contributed by atoms with E-state index in [2.05, 4.69) is 37.4 Å². The van der Waals surface area contributed by atoms with Gasteiger partial charge in [0, 0.05) is 5.02 Å². The van der Waals surface area contributed by atoms with Gasteiger partial charge in [-0.2, -0.15) is 0 Å². The van der Waals surface area contributed by atoms with Gasteiger partial charge in [-0.1, -0.05) is 47.5 Å². The van der Waals surface area contributed by atoms with Crippen molar-refractivity contribution in [3.05, 3.63) is 69.7 Å². The normalized spacial score (nSPS) is 12.0. The van der Waals surface area contributed by atoms with Gasteiger partial charge >= 0.3 is 0 Å². The SMILES string of the molecule is Cc1ccc([C@@H](C)NC(=O)Cc2cccc(Cl)c2)c(C)c1. The van der Waals surface area contributed by atoms with Crippen molar-refractivity contribution in [2.45, 2.75) is 33.2 Å². The molecule has 1 N–H and O–H groups in total. The summed E-state index contributed by atoms with van der Waals surface area (Å²) in [5.41, 5.74) is 4.51. The van der Waals surface area contributed by atoms with Gasteiger partial charge in [0.2, 0.25) is 5.91 Å². The molecule has 0 aliphatic rings. The summed E-state index contributed by atoms with van der Waals surface area (Å²) in [6.45, 7) is 6.15. The van der Waals surface area contributed by atoms with Gasteiger partial charge in [0.05, 0.1) is 12.5 Å². The molecule has 0 aromatic heterocycles. The number of rotatable bonds is 4. The highest BCUT2D eigenvalue weighted by atomic mass is 35.5. The predicted octanol–water partition coefficient (Wildman–Crippen LogP) is 4.38. The molecule has 2 nitrogen and oxygen atoms in total. The number of benzene rings is 2. The van der Waals surface area contributed by atoms with E-state index in [0.717, 1.165) is 11.1 Å². The molecule has 0 aliphatic heterocycles. The topological polar surface area (TPSA) is 29.1 Å². The van der Waals surface area contributed by atoms with E-state index in [1.54, 1.807) is 6.07 Å². The maximum absolute atomic E-state index is 12.1. The quantitative estimate of drug-likeness (QED) is 0.892. The molecule has 3 heteroatoms. The minimum absolute atomic E-state index is 0.00251. The van der Waals surface area contributed by atoms with Gasteiger partial charge in [0.1, 0.15) is 0 Å². The maximum Gasteiger partial charge on any atom is 0.224 e. The fourth-order valence-corrected chi connectivity index (χ4v) is 2.73. The summed E-state index contributed by atoms with van der Waals surface area (Å²) in [5.74, 6) is 0.00439. The lowest BCUT2D eigenvalue weighted by Crippen LogP contribution is -2.28. The number of aryl methyl sites for hydroxylation is 2. The molecule has 0 heterocycles. The lowest BCUT2D eigenvalue weighted by molar-refractivity contribution is -0.121. The second-order valence-electron chi connectivity index (χ2n) is 5.46. The Kier molecular flexibility index (Phi) is 5.03. The zero-order chi connectivity index (χ0) is 15.4. The van der Waals surface area contributed by atoms with E-state index in [1.165, 1.54) is 11.1 Å². The fourth-order valence-electron chi connectivity index (χ4n) is 2.51. The van der Waals surface area contributed by atoms with Crippen LogP contribution in [0.5, 0.6) is 0 Å². The second kappa shape index (κ2) is 6.77. The van der Waals surface area contributed by atoms with Crippen LogP contribution in [0.4, 0.5) is 0 Å². The van der Waals surface area contributed by atoms with Gasteiger partial charge in [-0.25, -0.2) is 0 Å². The van der Waals surface area contributed by atoms with Crippen molar-refractivity contribution in [3.8, 4) is 0 Å². The van der Waals surface area contributed by atoms with Crippen LogP contribution in [0.3, 0.4) is 0 Å². The van der Waals surface area contributed by atoms with Gasteiger partial charge in [-0.15, -0.1) is 0 Å². The molecule has 0 spiro atoms. The minimum atomic E-state index is -0.00251. The zero-order valence-corrected chi connectivity index (χ0v) is 13.4. The Morgan fingerprint density at radius 3 is 2.62 bits per heavy atom. The summed E-state index contributed by atoms with van der Waals surface area (Å²) < 4.78 is 0. The van der Waals surface area contributed by atoms with Gasteiger partial charge in [-0.05, 0) is 49.6 Å². The van der Waals surface area contributed by atoms with Crippen molar-refractivity contribution >= 4 is 17.5 Å². The van der Waals surface area contributed by atoms with Crippen LogP contribution in [0, 0.1) is 13.8 Å². The molecule has 0 unspecified atom stereocenters. The first kappa shape index (κ1) is 15.6. The van der Waals surface area contributed by atoms with E-state index in [0.29, 0.717) is 11.4 Å². The average molecular weight is 302 g/mol. The number of nitrogens with one attached hydrogen (secondary N) is 1. The first-order valence-electron chi connectivity index (χ1n) is 7.06. The van der Waals surface area contributed by atoms with E-state index in [1.807, 2.05) is 25.1 Å². The third-order valence-electron chi connectivity index (χ3n) is 3.52. The van der Waals surface area contributed by atoms with E-state index < -0.39 is 0 Å². The highest BCUT2D eigenvalue weighted by Gasteiger charge is 2.12. The third kappa shape index (κ3) is 4.33. The molecule has 21 heavy (non-hydrogen) atoms. The maximum atomic E-state index is 12.1. The number of hydrogen-bond acceptors (Lipinski definition) is 1. The molecule has 2 aromatic rings. The van der Waals surface area contributed by atoms with Gasteiger partial charge < -0.3 is 5.32 Å². The number of carbonyl (C=O) groups is 1. The Labute approximate surface area is 131 Å². The van der Waals surface area contributed by atoms with Crippen LogP contribution in [0.25, 0.3) is 0 Å². The summed E-state index contributed by atoms with van der Waals surface area (Å²) in [5, 5.41) is 3.70. The van der Waals surface area contributed by atoms with Crippen molar-refractivity contribution in [3.63, 3.8) is 0 Å². The number of halogens is 1. The molecule has 0 fully saturated rings. The fraction of sp³-hybridized carbons (Fsp3) is 0.278. The number of hydrogen-bond donors (Lipinski definition) is 1. The summed E-state index contributed by atoms with van der Waals surface area (Å²) in [4.78, 5) is 12.1. The van der Waals surface area contributed by atoms with Crippen LogP contribution in [0.15, 0.2) is 42.5 Å². The molecule has 1 atom stereocenters. The summed E-state index contributed by atoms with van der Waals surface area (Å²) >= 11 is 5.93. The molecule has 0 aliphatic carbocycles. The minimum Gasteiger partial charge on any atom is -0.349 e. The predicted molar refractivity (Wildman–Crippen MR) is 87.6 cm³/mol. The Morgan fingerprint density at radius 2 is 1.95 bits per heavy atom. The van der Waals surface area contributed by atoms with Crippen molar-refractivity contribution in [1.29, 1.82) is 0 Å². The van der Waals surface area contributed by atoms with Crippen LogP contribution < -0.4 is 5.32 Å². The van der Waals surface area contributed by atoms with Crippen LogP contribution in [0.1, 0.15) is 35.2 Å². The van der Waals surface area contributed by atoms with E-state index in [9.17, 15) is 4.79 Å². The van der Waals surface area contributed by atoms with Crippen molar-refractivity contribution in [2.75, 3.05) is 0 Å². The van der Waals surface area contributed by atoms with Crippen molar-refractivity contribution in [2.24, 2.45) is 0 Å². The largest absolute Gasteiger partial charge is 0.349 e. The lowest BCUT2D eigenvalue weighted by atomic mass is 10.00. The Balaban J connectivity index is 2.02. The van der Waals surface area contributed by atoms with Gasteiger partial charge in [0.15, 0.2) is 0 Å². The van der Waals surface area contributed by atoms with Crippen LogP contribution in [-0.4, -0.2) is 5.91 Å². The first-order valence-corrected chi connectivity index (χ1v) is 7.44. The van der Waals surface area contributed by atoms with Crippen LogP contribution in [-0.2, 0) is 11.2 Å². The summed E-state index contributed by atoms with van der Waals surface area (Å²) in [6, 6.07) is 13.7. The smallest absolute Gasteiger partial charge is 0.224 e. The number of amides is 1. The number of carbonyl (C=O) groups excluding carboxylic acids is 1. The lowest BCUT2D eigenvalue weighted by Gasteiger charge is -2.17. The summed E-state index contributed by atoms with van der Waals surface area (Å²) in [7, 11) is 0. The Hall–Kier alpha value is -1.80. The molecule has 0 radical (unpaired) electrons. The van der Waals surface area contributed by atoms with E-state index in [-0.39, 0.29) is 11.9 Å². The average Bonchev–Trinajstić information content (AvgIpc) is 2.38. The third-order valence-corrected chi connectivity index (χ3v) is 3.76. The second-order valence-corrected chi connectivity index (χ2v) is 5.89. The van der Waals surface area contributed by atoms with Crippen molar-refractivity contribution < 1.29 is 4.79 Å². The van der Waals surface area contributed by atoms with Crippen LogP contribution >= 0.6 is 11.6 Å². The van der Waals surface area contributed by atoms with E-state index >= 15 is 0 Å². The Bertz CT molecular complexity index is 651. The van der Waals surface area contributed by atoms with Crippen molar-refractivity contribution in [1.82, 2.24) is 5.32 Å². The molecule has 1 amide bonds. The van der Waals surface area contributed by atoms with Gasteiger partial charge in [0.25, 0.3) is 0 Å². The molecule has 0 saturated carbocycles. The molecule has 2 rings (SSSR count). The van der Waals surface area contributed by atoms with E-state index in [4.69, 9.17) is 11.6 Å². The summed E-state index contributed by atoms with van der Waals surface area (Å²) in [6.07, 6.45) is 0.343. The van der Waals surface area contributed by atoms with Crippen LogP contribution in [0.2, 0.25) is 5.02 Å². The molecular formula is C18H20ClNO. The first-order chi connectivity index (χ1) is 9.95. The molecule has 0 bridgehead atoms. The molecular weight excluding hydrogens is 282 g/mol. The highest BCUT2D eigenvalue weighted by molar-refractivity contribution is 6.30. The molecule has 110 valence electrons. The molecule has 2 aromatic carbocycles. The molecule has 0 saturated heterocycles. The van der Waals surface area contributed by atoms with Gasteiger partial charge in [-0.3, -0.25) is 4.79 Å². The monoisotopic (exact) mass is 301 g/mol. The standard InChI is InChI=1S/C18H20ClNO/c1-12-7-8-17(13(2)9-12)14(3)20-18(21)11-15-5-4-6-16(19)10-15/h4-10,14H,11H2,1-3H3,(H,20,21)/t14-/m1/s1. The zero-order valence-electron chi connectivity index (χ0n) is 12.6. The Morgan fingerprint density at radius 1 is 1.19 bits per heavy atom.